The van der Waals surface area contributed by atoms with Crippen LogP contribution in [0.1, 0.15) is 40.5 Å². The van der Waals surface area contributed by atoms with Crippen LogP contribution < -0.4 is 0 Å². The van der Waals surface area contributed by atoms with Crippen molar-refractivity contribution >= 4 is 12.1 Å². The molecule has 1 aliphatic carbocycles. The van der Waals surface area contributed by atoms with Gasteiger partial charge in [0, 0.05) is 13.6 Å². The number of nitrogens with zero attached hydrogens (tertiary/aromatic N) is 1. The van der Waals surface area contributed by atoms with Gasteiger partial charge >= 0.3 is 12.1 Å². The van der Waals surface area contributed by atoms with E-state index in [1.54, 1.807) is 7.05 Å². The van der Waals surface area contributed by atoms with Gasteiger partial charge in [0.05, 0.1) is 5.41 Å². The molecule has 5 heteroatoms. The number of aliphatic carboxylic acids is 1. The number of amides is 1. The molecule has 0 bridgehead atoms. The van der Waals surface area contributed by atoms with E-state index in [-0.39, 0.29) is 5.92 Å². The third-order valence-electron chi connectivity index (χ3n) is 3.49. The molecule has 1 saturated carbocycles. The molecule has 0 aromatic heterocycles. The van der Waals surface area contributed by atoms with E-state index >= 15 is 0 Å². The number of carboxylic acids is 1. The maximum Gasteiger partial charge on any atom is 0.410 e. The van der Waals surface area contributed by atoms with Crippen LogP contribution in [0, 0.1) is 11.3 Å². The van der Waals surface area contributed by atoms with Crippen LogP contribution in [-0.2, 0) is 9.53 Å². The van der Waals surface area contributed by atoms with Gasteiger partial charge in [0.15, 0.2) is 0 Å². The number of carboxylic acid groups (broad SMARTS) is 1. The zero-order valence-corrected chi connectivity index (χ0v) is 11.8. The zero-order chi connectivity index (χ0) is 14.1. The molecule has 1 rings (SSSR count). The van der Waals surface area contributed by atoms with E-state index in [4.69, 9.17) is 4.74 Å². The van der Waals surface area contributed by atoms with Crippen molar-refractivity contribution in [2.45, 2.75) is 46.1 Å². The van der Waals surface area contributed by atoms with Crippen molar-refractivity contribution in [3.63, 3.8) is 0 Å². The fourth-order valence-electron chi connectivity index (χ4n) is 2.21. The van der Waals surface area contributed by atoms with Gasteiger partial charge in [0.2, 0.25) is 0 Å². The first-order valence-corrected chi connectivity index (χ1v) is 6.30. The average Bonchev–Trinajstić information content (AvgIpc) is 2.90. The number of rotatable bonds is 4. The summed E-state index contributed by atoms with van der Waals surface area (Å²) in [6, 6.07) is 0. The first-order valence-electron chi connectivity index (χ1n) is 6.30. The second-order valence-corrected chi connectivity index (χ2v) is 6.08. The Morgan fingerprint density at radius 3 is 2.33 bits per heavy atom. The van der Waals surface area contributed by atoms with E-state index in [9.17, 15) is 14.7 Å². The predicted molar refractivity (Wildman–Crippen MR) is 67.3 cm³/mol. The van der Waals surface area contributed by atoms with Crippen LogP contribution >= 0.6 is 0 Å². The number of carbonyl (C=O) groups is 2. The molecule has 1 fully saturated rings. The molecular formula is C13H23NO4. The van der Waals surface area contributed by atoms with Gasteiger partial charge in [-0.15, -0.1) is 0 Å². The Balaban J connectivity index is 2.50. The van der Waals surface area contributed by atoms with Crippen LogP contribution in [0.2, 0.25) is 0 Å². The van der Waals surface area contributed by atoms with Crippen molar-refractivity contribution in [1.29, 1.82) is 0 Å². The van der Waals surface area contributed by atoms with E-state index in [1.165, 1.54) is 4.90 Å². The second kappa shape index (κ2) is 4.78. The average molecular weight is 257 g/mol. The first kappa shape index (κ1) is 14.8. The number of hydrogen-bond acceptors (Lipinski definition) is 3. The summed E-state index contributed by atoms with van der Waals surface area (Å²) in [6.07, 6.45) is 0.853. The SMILES string of the molecule is CC[C@@]1(C(=O)O)C[C@H]1CN(C)C(=O)OC(C)(C)C. The van der Waals surface area contributed by atoms with Gasteiger partial charge in [-0.1, -0.05) is 6.92 Å². The van der Waals surface area contributed by atoms with E-state index in [2.05, 4.69) is 0 Å². The van der Waals surface area contributed by atoms with E-state index in [0.29, 0.717) is 19.4 Å². The van der Waals surface area contributed by atoms with Gasteiger partial charge in [-0.3, -0.25) is 4.79 Å². The summed E-state index contributed by atoms with van der Waals surface area (Å²) < 4.78 is 5.23. The molecule has 0 unspecified atom stereocenters. The Kier molecular flexibility index (Phi) is 3.93. The molecule has 0 spiro atoms. The molecule has 0 saturated heterocycles. The van der Waals surface area contributed by atoms with Gasteiger partial charge in [0.1, 0.15) is 5.60 Å². The van der Waals surface area contributed by atoms with Gasteiger partial charge in [0.25, 0.3) is 0 Å². The van der Waals surface area contributed by atoms with Crippen LogP contribution in [0.3, 0.4) is 0 Å². The normalized spacial score (nSPS) is 26.6. The molecule has 0 aromatic carbocycles. The molecule has 1 amide bonds. The standard InChI is InChI=1S/C13H23NO4/c1-6-13(10(15)16)7-9(13)8-14(5)11(17)18-12(2,3)4/h9H,6-8H2,1-5H3,(H,15,16)/t9-,13+/m0/s1. The molecule has 1 aliphatic rings. The van der Waals surface area contributed by atoms with Gasteiger partial charge < -0.3 is 14.7 Å². The molecule has 2 atom stereocenters. The van der Waals surface area contributed by atoms with E-state index in [1.807, 2.05) is 27.7 Å². The van der Waals surface area contributed by atoms with Crippen molar-refractivity contribution in [3.8, 4) is 0 Å². The summed E-state index contributed by atoms with van der Waals surface area (Å²) in [5, 5.41) is 9.18. The smallest absolute Gasteiger partial charge is 0.410 e. The third kappa shape index (κ3) is 3.15. The lowest BCUT2D eigenvalue weighted by Gasteiger charge is -2.25. The molecule has 0 aromatic rings. The highest BCUT2D eigenvalue weighted by Gasteiger charge is 2.59. The number of hydrogen-bond donors (Lipinski definition) is 1. The minimum absolute atomic E-state index is 0.0394. The number of ether oxygens (including phenoxy) is 1. The largest absolute Gasteiger partial charge is 0.481 e. The Bertz CT molecular complexity index is 347. The van der Waals surface area contributed by atoms with Crippen molar-refractivity contribution in [1.82, 2.24) is 4.90 Å². The topological polar surface area (TPSA) is 66.8 Å². The second-order valence-electron chi connectivity index (χ2n) is 6.08. The van der Waals surface area contributed by atoms with Crippen LogP contribution in [-0.4, -0.2) is 41.3 Å². The zero-order valence-electron chi connectivity index (χ0n) is 11.8. The molecular weight excluding hydrogens is 234 g/mol. The highest BCUT2D eigenvalue weighted by Crippen LogP contribution is 2.55. The summed E-state index contributed by atoms with van der Waals surface area (Å²) in [6.45, 7) is 7.74. The molecule has 0 heterocycles. The number of carbonyl (C=O) groups excluding carboxylic acids is 1. The summed E-state index contributed by atoms with van der Waals surface area (Å²) in [5.74, 6) is -0.717. The maximum absolute atomic E-state index is 11.7. The van der Waals surface area contributed by atoms with Gasteiger partial charge in [-0.2, -0.15) is 0 Å². The maximum atomic E-state index is 11.7. The van der Waals surface area contributed by atoms with Crippen LogP contribution in [0.25, 0.3) is 0 Å². The Labute approximate surface area is 108 Å². The predicted octanol–water partition coefficient (Wildman–Crippen LogP) is 2.35. The van der Waals surface area contributed by atoms with Gasteiger partial charge in [-0.25, -0.2) is 4.79 Å². The molecule has 104 valence electrons. The Morgan fingerprint density at radius 2 is 2.00 bits per heavy atom. The van der Waals surface area contributed by atoms with Crippen molar-refractivity contribution in [2.24, 2.45) is 11.3 Å². The van der Waals surface area contributed by atoms with Gasteiger partial charge in [-0.05, 0) is 39.5 Å². The fourth-order valence-corrected chi connectivity index (χ4v) is 2.21. The summed E-state index contributed by atoms with van der Waals surface area (Å²) in [7, 11) is 1.65. The lowest BCUT2D eigenvalue weighted by atomic mass is 10.0. The lowest BCUT2D eigenvalue weighted by molar-refractivity contribution is -0.144. The molecule has 5 nitrogen and oxygen atoms in total. The third-order valence-corrected chi connectivity index (χ3v) is 3.49. The van der Waals surface area contributed by atoms with Crippen molar-refractivity contribution in [2.75, 3.05) is 13.6 Å². The fraction of sp³-hybridized carbons (Fsp3) is 0.846. The highest BCUT2D eigenvalue weighted by atomic mass is 16.6. The molecule has 0 radical (unpaired) electrons. The summed E-state index contributed by atoms with van der Waals surface area (Å²) in [4.78, 5) is 24.4. The monoisotopic (exact) mass is 257 g/mol. The molecule has 0 aliphatic heterocycles. The van der Waals surface area contributed by atoms with E-state index in [0.717, 1.165) is 0 Å². The highest BCUT2D eigenvalue weighted by molar-refractivity contribution is 5.79. The Morgan fingerprint density at radius 1 is 1.44 bits per heavy atom. The summed E-state index contributed by atoms with van der Waals surface area (Å²) >= 11 is 0. The van der Waals surface area contributed by atoms with Crippen molar-refractivity contribution < 1.29 is 19.4 Å². The minimum Gasteiger partial charge on any atom is -0.481 e. The lowest BCUT2D eigenvalue weighted by Crippen LogP contribution is -2.36. The molecule has 18 heavy (non-hydrogen) atoms. The van der Waals surface area contributed by atoms with Crippen molar-refractivity contribution in [3.05, 3.63) is 0 Å². The van der Waals surface area contributed by atoms with Crippen LogP contribution in [0.4, 0.5) is 4.79 Å². The van der Waals surface area contributed by atoms with E-state index < -0.39 is 23.1 Å². The first-order chi connectivity index (χ1) is 8.12. The molecule has 1 N–H and O–H groups in total. The van der Waals surface area contributed by atoms with Crippen LogP contribution in [0.5, 0.6) is 0 Å². The minimum atomic E-state index is -0.757. The quantitative estimate of drug-likeness (QED) is 0.839. The van der Waals surface area contributed by atoms with Crippen LogP contribution in [0.15, 0.2) is 0 Å². The summed E-state index contributed by atoms with van der Waals surface area (Å²) in [5.41, 5.74) is -1.15. The Hall–Kier alpha value is -1.26.